The molecule has 1 aliphatic carbocycles. The molecule has 162 valence electrons. The first-order valence-corrected chi connectivity index (χ1v) is 10.4. The van der Waals surface area contributed by atoms with Crippen LogP contribution in [-0.4, -0.2) is 39.9 Å². The molecule has 31 heavy (non-hydrogen) atoms. The SMILES string of the molecule is Cc1cc(C)c2c(OCC(=O)OCC(=O)NC3CCCc4ccccc43)nn(C)c2n1. The van der Waals surface area contributed by atoms with E-state index in [9.17, 15) is 9.59 Å². The first kappa shape index (κ1) is 20.8. The van der Waals surface area contributed by atoms with Crippen LogP contribution in [0.15, 0.2) is 30.3 Å². The number of carbonyl (C=O) groups excluding carboxylic acids is 2. The minimum Gasteiger partial charge on any atom is -0.464 e. The van der Waals surface area contributed by atoms with Gasteiger partial charge < -0.3 is 14.8 Å². The zero-order valence-corrected chi connectivity index (χ0v) is 18.0. The molecule has 1 unspecified atom stereocenters. The Morgan fingerprint density at radius 2 is 2.03 bits per heavy atom. The van der Waals surface area contributed by atoms with Crippen LogP contribution < -0.4 is 10.1 Å². The first-order chi connectivity index (χ1) is 14.9. The van der Waals surface area contributed by atoms with Crippen molar-refractivity contribution in [1.29, 1.82) is 0 Å². The number of ether oxygens (including phenoxy) is 2. The highest BCUT2D eigenvalue weighted by Crippen LogP contribution is 2.29. The monoisotopic (exact) mass is 422 g/mol. The topological polar surface area (TPSA) is 95.3 Å². The second-order valence-corrected chi connectivity index (χ2v) is 7.87. The van der Waals surface area contributed by atoms with Crippen LogP contribution in [0.4, 0.5) is 0 Å². The summed E-state index contributed by atoms with van der Waals surface area (Å²) in [7, 11) is 1.77. The summed E-state index contributed by atoms with van der Waals surface area (Å²) in [5.74, 6) is -0.632. The lowest BCUT2D eigenvalue weighted by Gasteiger charge is -2.26. The van der Waals surface area contributed by atoms with Gasteiger partial charge >= 0.3 is 5.97 Å². The maximum absolute atomic E-state index is 12.3. The molecule has 1 aliphatic rings. The van der Waals surface area contributed by atoms with Gasteiger partial charge in [0.2, 0.25) is 5.88 Å². The van der Waals surface area contributed by atoms with E-state index >= 15 is 0 Å². The van der Waals surface area contributed by atoms with E-state index in [4.69, 9.17) is 9.47 Å². The Balaban J connectivity index is 1.30. The number of nitrogens with one attached hydrogen (secondary N) is 1. The molecule has 2 heterocycles. The number of hydrogen-bond acceptors (Lipinski definition) is 6. The molecule has 3 aromatic rings. The average Bonchev–Trinajstić information content (AvgIpc) is 3.07. The van der Waals surface area contributed by atoms with Gasteiger partial charge in [-0.15, -0.1) is 5.10 Å². The Morgan fingerprint density at radius 3 is 2.87 bits per heavy atom. The lowest BCUT2D eigenvalue weighted by molar-refractivity contribution is -0.150. The number of nitrogens with zero attached hydrogens (tertiary/aromatic N) is 3. The van der Waals surface area contributed by atoms with Crippen LogP contribution in [0.3, 0.4) is 0 Å². The number of benzene rings is 1. The Kier molecular flexibility index (Phi) is 5.88. The maximum atomic E-state index is 12.3. The Morgan fingerprint density at radius 1 is 1.23 bits per heavy atom. The van der Waals surface area contributed by atoms with Gasteiger partial charge in [-0.25, -0.2) is 14.5 Å². The fourth-order valence-corrected chi connectivity index (χ4v) is 4.11. The first-order valence-electron chi connectivity index (χ1n) is 10.4. The van der Waals surface area contributed by atoms with E-state index in [-0.39, 0.29) is 25.2 Å². The van der Waals surface area contributed by atoms with Crippen molar-refractivity contribution in [2.45, 2.75) is 39.2 Å². The zero-order valence-electron chi connectivity index (χ0n) is 18.0. The quantitative estimate of drug-likeness (QED) is 0.614. The van der Waals surface area contributed by atoms with Gasteiger partial charge in [-0.2, -0.15) is 0 Å². The van der Waals surface area contributed by atoms with Crippen molar-refractivity contribution in [3.8, 4) is 5.88 Å². The number of rotatable bonds is 6. The van der Waals surface area contributed by atoms with Gasteiger partial charge in [-0.1, -0.05) is 24.3 Å². The molecule has 0 saturated heterocycles. The van der Waals surface area contributed by atoms with Crippen LogP contribution in [0.5, 0.6) is 5.88 Å². The van der Waals surface area contributed by atoms with Gasteiger partial charge in [0.1, 0.15) is 0 Å². The summed E-state index contributed by atoms with van der Waals surface area (Å²) in [5, 5.41) is 8.02. The van der Waals surface area contributed by atoms with E-state index in [1.165, 1.54) is 5.56 Å². The van der Waals surface area contributed by atoms with Gasteiger partial charge in [0.05, 0.1) is 11.4 Å². The van der Waals surface area contributed by atoms with E-state index in [0.29, 0.717) is 11.5 Å². The molecule has 1 N–H and O–H groups in total. The van der Waals surface area contributed by atoms with Gasteiger partial charge in [-0.3, -0.25) is 4.79 Å². The van der Waals surface area contributed by atoms with Crippen LogP contribution in [0.25, 0.3) is 11.0 Å². The fourth-order valence-electron chi connectivity index (χ4n) is 4.11. The molecular weight excluding hydrogens is 396 g/mol. The molecule has 1 amide bonds. The summed E-state index contributed by atoms with van der Waals surface area (Å²) in [6.45, 7) is 3.18. The molecule has 0 aliphatic heterocycles. The summed E-state index contributed by atoms with van der Waals surface area (Å²) >= 11 is 0. The third kappa shape index (κ3) is 4.52. The number of aromatic nitrogens is 3. The molecule has 1 aromatic carbocycles. The van der Waals surface area contributed by atoms with Crippen molar-refractivity contribution < 1.29 is 19.1 Å². The third-order valence-corrected chi connectivity index (χ3v) is 5.48. The number of carbonyl (C=O) groups is 2. The summed E-state index contributed by atoms with van der Waals surface area (Å²) in [6.07, 6.45) is 2.91. The van der Waals surface area contributed by atoms with E-state index in [1.54, 1.807) is 11.7 Å². The molecule has 0 spiro atoms. The van der Waals surface area contributed by atoms with Gasteiger partial charge in [0.15, 0.2) is 18.9 Å². The summed E-state index contributed by atoms with van der Waals surface area (Å²) in [5.41, 5.74) is 4.93. The minimum atomic E-state index is -0.629. The highest BCUT2D eigenvalue weighted by Gasteiger charge is 2.22. The molecule has 0 radical (unpaired) electrons. The van der Waals surface area contributed by atoms with Crippen molar-refractivity contribution in [3.05, 3.63) is 52.7 Å². The molecule has 2 aromatic heterocycles. The van der Waals surface area contributed by atoms with Crippen LogP contribution in [-0.2, 0) is 27.8 Å². The van der Waals surface area contributed by atoms with Crippen molar-refractivity contribution in [2.75, 3.05) is 13.2 Å². The number of pyridine rings is 1. The highest BCUT2D eigenvalue weighted by atomic mass is 16.6. The number of fused-ring (bicyclic) bond motifs is 2. The maximum Gasteiger partial charge on any atom is 0.344 e. The minimum absolute atomic E-state index is 0.0498. The van der Waals surface area contributed by atoms with Crippen molar-refractivity contribution in [3.63, 3.8) is 0 Å². The van der Waals surface area contributed by atoms with Crippen molar-refractivity contribution in [2.24, 2.45) is 7.05 Å². The largest absolute Gasteiger partial charge is 0.464 e. The van der Waals surface area contributed by atoms with Crippen molar-refractivity contribution >= 4 is 22.9 Å². The lowest BCUT2D eigenvalue weighted by Crippen LogP contribution is -2.34. The fraction of sp³-hybridized carbons (Fsp3) is 0.391. The second-order valence-electron chi connectivity index (χ2n) is 7.87. The predicted octanol–water partition coefficient (Wildman–Crippen LogP) is 2.70. The van der Waals surface area contributed by atoms with Crippen molar-refractivity contribution in [1.82, 2.24) is 20.1 Å². The van der Waals surface area contributed by atoms with Crippen LogP contribution in [0.1, 0.15) is 41.3 Å². The van der Waals surface area contributed by atoms with E-state index < -0.39 is 5.97 Å². The number of esters is 1. The lowest BCUT2D eigenvalue weighted by atomic mass is 9.88. The van der Waals surface area contributed by atoms with Crippen LogP contribution >= 0.6 is 0 Å². The molecular formula is C23H26N4O4. The van der Waals surface area contributed by atoms with Crippen LogP contribution in [0, 0.1) is 13.8 Å². The normalized spacial score (nSPS) is 15.4. The number of hydrogen-bond donors (Lipinski definition) is 1. The standard InChI is InChI=1S/C23H26N4O4/c1-14-11-15(2)24-22-21(14)23(26-27(22)3)31-13-20(29)30-12-19(28)25-18-10-6-8-16-7-4-5-9-17(16)18/h4-5,7,9,11,18H,6,8,10,12-13H2,1-3H3,(H,25,28). The third-order valence-electron chi connectivity index (χ3n) is 5.48. The second kappa shape index (κ2) is 8.75. The van der Waals surface area contributed by atoms with E-state index in [2.05, 4.69) is 21.5 Å². The summed E-state index contributed by atoms with van der Waals surface area (Å²) in [4.78, 5) is 28.9. The highest BCUT2D eigenvalue weighted by molar-refractivity contribution is 5.85. The summed E-state index contributed by atoms with van der Waals surface area (Å²) < 4.78 is 12.3. The Labute approximate surface area is 180 Å². The molecule has 4 rings (SSSR count). The van der Waals surface area contributed by atoms with Gasteiger partial charge in [-0.05, 0) is 55.9 Å². The van der Waals surface area contributed by atoms with E-state index in [1.807, 2.05) is 38.1 Å². The Hall–Kier alpha value is -3.42. The van der Waals surface area contributed by atoms with Crippen LogP contribution in [0.2, 0.25) is 0 Å². The molecule has 0 bridgehead atoms. The van der Waals surface area contributed by atoms with Gasteiger partial charge in [0, 0.05) is 12.7 Å². The molecule has 1 atom stereocenters. The summed E-state index contributed by atoms with van der Waals surface area (Å²) in [6, 6.07) is 9.99. The predicted molar refractivity (Wildman–Crippen MR) is 115 cm³/mol. The zero-order chi connectivity index (χ0) is 22.0. The number of aryl methyl sites for hydroxylation is 4. The molecule has 0 fully saturated rings. The average molecular weight is 422 g/mol. The number of amides is 1. The molecule has 8 nitrogen and oxygen atoms in total. The Bertz CT molecular complexity index is 1140. The smallest absolute Gasteiger partial charge is 0.344 e. The van der Waals surface area contributed by atoms with E-state index in [0.717, 1.165) is 41.5 Å². The molecule has 8 heteroatoms. The van der Waals surface area contributed by atoms with Gasteiger partial charge in [0.25, 0.3) is 5.91 Å². The molecule has 0 saturated carbocycles.